The highest BCUT2D eigenvalue weighted by Crippen LogP contribution is 2.51. The van der Waals surface area contributed by atoms with Gasteiger partial charge in [0, 0.05) is 161 Å². The first-order valence-corrected chi connectivity index (χ1v) is 58.4. The molecular weight excluding hydrogens is 1880 g/mol. The van der Waals surface area contributed by atoms with E-state index in [4.69, 9.17) is 9.97 Å². The minimum atomic E-state index is 0.874. The first kappa shape index (κ1) is 92.2. The van der Waals surface area contributed by atoms with E-state index in [1.807, 2.05) is 136 Å². The van der Waals surface area contributed by atoms with E-state index in [1.54, 1.807) is 0 Å². The normalized spacial score (nSPS) is 12.1. The maximum Gasteiger partial charge on any atom is 0.0737 e. The second-order valence-corrected chi connectivity index (χ2v) is 49.8. The summed E-state index contributed by atoms with van der Waals surface area (Å²) in [6.07, 6.45) is 34.1. The fraction of sp³-hybridized carbons (Fsp3) is 0.233. The molecule has 17 heterocycles. The Balaban J connectivity index is 0.666. The fourth-order valence-electron chi connectivity index (χ4n) is 19.1. The first-order chi connectivity index (χ1) is 66.8. The smallest absolute Gasteiger partial charge is 0.0737 e. The molecule has 682 valence electrons. The van der Waals surface area contributed by atoms with E-state index in [0.717, 1.165) is 89.4 Å². The third kappa shape index (κ3) is 20.0. The summed E-state index contributed by atoms with van der Waals surface area (Å²) in [5.74, 6) is 0. The van der Waals surface area contributed by atoms with Gasteiger partial charge in [-0.25, -0.2) is 9.97 Å². The number of unbranched alkanes of at least 4 members (excludes halogenated alkanes) is 12. The molecule has 0 amide bonds. The Bertz CT molecular complexity index is 6800. The maximum atomic E-state index is 5.88. The van der Waals surface area contributed by atoms with Crippen molar-refractivity contribution >= 4 is 182 Å². The molecule has 8 bridgehead atoms. The van der Waals surface area contributed by atoms with E-state index >= 15 is 0 Å². The number of nitrogens with zero attached hydrogens (tertiary/aromatic N) is 2. The molecule has 0 saturated heterocycles. The summed E-state index contributed by atoms with van der Waals surface area (Å²) < 4.78 is 0. The van der Waals surface area contributed by atoms with Gasteiger partial charge in [0.05, 0.1) is 22.8 Å². The van der Waals surface area contributed by atoms with E-state index in [2.05, 4.69) is 332 Å². The summed E-state index contributed by atoms with van der Waals surface area (Å²) in [4.78, 5) is 52.1. The predicted octanol–water partition coefficient (Wildman–Crippen LogP) is 41.8. The molecule has 2 aliphatic rings. The van der Waals surface area contributed by atoms with E-state index < -0.39 is 0 Å². The lowest BCUT2D eigenvalue weighted by Crippen LogP contribution is -1.90. The molecule has 19 aromatic rings. The molecule has 0 unspecified atom stereocenters. The van der Waals surface area contributed by atoms with E-state index in [1.165, 1.54) is 290 Å². The van der Waals surface area contributed by atoms with Gasteiger partial charge in [-0.3, -0.25) is 0 Å². The average Bonchev–Trinajstić information content (AvgIpc) is 1.61. The molecule has 0 radical (unpaired) electrons. The molecule has 4 aromatic carbocycles. The molecule has 4 nitrogen and oxygen atoms in total. The van der Waals surface area contributed by atoms with Crippen LogP contribution < -0.4 is 0 Å². The van der Waals surface area contributed by atoms with Crippen LogP contribution in [-0.4, -0.2) is 19.9 Å². The van der Waals surface area contributed by atoms with Crippen molar-refractivity contribution in [1.82, 2.24) is 19.9 Å². The molecule has 16 heteroatoms. The van der Waals surface area contributed by atoms with Crippen LogP contribution in [0.3, 0.4) is 0 Å². The van der Waals surface area contributed by atoms with Gasteiger partial charge >= 0.3 is 0 Å². The number of benzene rings is 4. The minimum Gasteiger partial charge on any atom is -0.354 e. The second kappa shape index (κ2) is 41.9. The van der Waals surface area contributed by atoms with Crippen LogP contribution >= 0.6 is 136 Å². The van der Waals surface area contributed by atoms with E-state index in [0.29, 0.717) is 0 Å². The monoisotopic (exact) mass is 1990 g/mol. The van der Waals surface area contributed by atoms with Crippen LogP contribution in [0.4, 0.5) is 0 Å². The van der Waals surface area contributed by atoms with Gasteiger partial charge in [0.1, 0.15) is 0 Å². The molecular formula is C120H110N4S12. The molecule has 0 saturated carbocycles. The number of hydrogen-bond acceptors (Lipinski definition) is 14. The van der Waals surface area contributed by atoms with Gasteiger partial charge in [-0.15, -0.1) is 136 Å². The summed E-state index contributed by atoms with van der Waals surface area (Å²) in [6, 6.07) is 93.0. The Morgan fingerprint density at radius 1 is 0.184 bits per heavy atom. The highest BCUT2D eigenvalue weighted by Gasteiger charge is 2.25. The van der Waals surface area contributed by atoms with Crippen LogP contribution in [0, 0.1) is 27.7 Å². The number of aromatic nitrogens is 4. The molecule has 0 fully saturated rings. The van der Waals surface area contributed by atoms with Crippen LogP contribution in [0.2, 0.25) is 0 Å². The molecule has 2 aliphatic heterocycles. The third-order valence-corrected chi connectivity index (χ3v) is 41.5. The summed E-state index contributed by atoms with van der Waals surface area (Å²) in [7, 11) is 0. The number of H-pyrrole nitrogens is 2. The number of rotatable bonds is 36. The third-order valence-electron chi connectivity index (χ3n) is 26.7. The molecule has 15 aromatic heterocycles. The molecule has 0 aliphatic carbocycles. The fourth-order valence-corrected chi connectivity index (χ4v) is 32.1. The quantitative estimate of drug-likeness (QED) is 0.0385. The first-order valence-electron chi connectivity index (χ1n) is 48.6. The number of thiophene rings is 12. The lowest BCUT2D eigenvalue weighted by atomic mass is 10.0. The Morgan fingerprint density at radius 3 is 0.559 bits per heavy atom. The summed E-state index contributed by atoms with van der Waals surface area (Å²) in [5, 5.41) is 0. The Labute approximate surface area is 849 Å². The number of hydrogen-bond donors (Lipinski definition) is 2. The second-order valence-electron chi connectivity index (χ2n) is 36.1. The predicted molar refractivity (Wildman–Crippen MR) is 611 cm³/mol. The van der Waals surface area contributed by atoms with Crippen LogP contribution in [-0.2, 0) is 25.7 Å². The average molecular weight is 1990 g/mol. The van der Waals surface area contributed by atoms with Crippen molar-refractivity contribution in [2.24, 2.45) is 0 Å². The van der Waals surface area contributed by atoms with Gasteiger partial charge in [-0.1, -0.05) is 202 Å². The molecule has 2 N–H and O–H groups in total. The van der Waals surface area contributed by atoms with Crippen molar-refractivity contribution in [3.63, 3.8) is 0 Å². The summed E-state index contributed by atoms with van der Waals surface area (Å²) in [6.45, 7) is 18.4. The van der Waals surface area contributed by atoms with Gasteiger partial charge in [0.25, 0.3) is 0 Å². The van der Waals surface area contributed by atoms with Crippen molar-refractivity contribution in [1.29, 1.82) is 0 Å². The zero-order chi connectivity index (χ0) is 92.3. The van der Waals surface area contributed by atoms with Gasteiger partial charge in [0.15, 0.2) is 0 Å². The topological polar surface area (TPSA) is 57.4 Å². The molecule has 21 rings (SSSR count). The van der Waals surface area contributed by atoms with E-state index in [-0.39, 0.29) is 0 Å². The SMILES string of the molecule is CCCCCCc1cc(-c2ccc(-c3ccc(-c4ccc(-c5c6nc(c(-c7ccc(-c8ccc(-c9ccc(-c%10cc(CCCCCC)c(C)s%10)s9)s8)cc7)c7ccc([nH]7)c(-c7ccc(-c8ccc(-c9ccc(-c%10cc(CCCCCC)c(C)s%10)s9)s8)cc7)c7nc(c(-c8ccc(-c9ccc(-c%10ccc(-c%11cc(CCCCCC)c(C)s%11)s%10)s9)cc8)c8ccc5[nH]8)C=C7)C=C6)cc4)s3)s2)sc1C. The zero-order valence-electron chi connectivity index (χ0n) is 78.3. The lowest BCUT2D eigenvalue weighted by molar-refractivity contribution is 0.666. The lowest BCUT2D eigenvalue weighted by Gasteiger charge is -2.08. The van der Waals surface area contributed by atoms with Crippen LogP contribution in [0.15, 0.2) is 243 Å². The van der Waals surface area contributed by atoms with E-state index in [9.17, 15) is 0 Å². The van der Waals surface area contributed by atoms with Crippen molar-refractivity contribution in [3.05, 3.63) is 307 Å². The summed E-state index contributed by atoms with van der Waals surface area (Å²) >= 11 is 22.9. The number of fused-ring (bicyclic) bond motifs is 8. The van der Waals surface area contributed by atoms with Crippen molar-refractivity contribution in [2.45, 2.75) is 184 Å². The van der Waals surface area contributed by atoms with Gasteiger partial charge < -0.3 is 9.97 Å². The van der Waals surface area contributed by atoms with Crippen molar-refractivity contribution in [3.8, 4) is 164 Å². The van der Waals surface area contributed by atoms with Gasteiger partial charge in [0.2, 0.25) is 0 Å². The molecule has 0 atom stereocenters. The van der Waals surface area contributed by atoms with Gasteiger partial charge in [-0.05, 0) is 316 Å². The van der Waals surface area contributed by atoms with Crippen molar-refractivity contribution in [2.75, 3.05) is 0 Å². The standard InChI is InChI=1S/C120H110N4S12/c1-9-13-17-21-25-85-69-113(125-73(85)5)109-65-61-105(133-109)101-57-53-97(129-101)77-29-37-81(38-30-77)117-89-45-47-91(121-89)118(82-39-31-78(32-40-82)98-54-58-102(130-98)106-62-66-110(134-106)114-70-86(74(6)126-114)26-22-18-14-10-2)93-49-51-95(123-93)120(84-43-35-80(36-44-84)100-56-60-104(132-100)108-64-68-112(136-108)116-72-88(76(8)128-116)28-24-20-16-12-4)96-52-50-94(124-96)119(92-48-46-90(117)122-92)83-41-33-79(34-42-83)99-55-59-103(131-99)107-63-67-111(135-107)115-71-87(75(7)127-115)27-23-19-15-11-3/h29-72,121,124H,9-28H2,1-8H3. The number of aromatic amines is 2. The number of aryl methyl sites for hydroxylation is 8. The maximum absolute atomic E-state index is 5.88. The van der Waals surface area contributed by atoms with Crippen LogP contribution in [0.25, 0.3) is 211 Å². The molecule has 136 heavy (non-hydrogen) atoms. The van der Waals surface area contributed by atoms with Gasteiger partial charge in [-0.2, -0.15) is 0 Å². The Hall–Kier alpha value is -10.1. The van der Waals surface area contributed by atoms with Crippen LogP contribution in [0.1, 0.15) is 195 Å². The largest absolute Gasteiger partial charge is 0.354 e. The summed E-state index contributed by atoms with van der Waals surface area (Å²) in [5.41, 5.74) is 26.4. The Morgan fingerprint density at radius 2 is 0.360 bits per heavy atom. The highest BCUT2D eigenvalue weighted by atomic mass is 32.1. The zero-order valence-corrected chi connectivity index (χ0v) is 88.1. The minimum absolute atomic E-state index is 0.874. The molecule has 0 spiro atoms. The van der Waals surface area contributed by atoms with Crippen LogP contribution in [0.5, 0.6) is 0 Å². The number of nitrogens with one attached hydrogen (secondary N) is 2. The van der Waals surface area contributed by atoms with Crippen molar-refractivity contribution < 1.29 is 0 Å². The highest BCUT2D eigenvalue weighted by molar-refractivity contribution is 7.30. The Kier molecular flexibility index (Phi) is 28.4.